The molecule has 1 rings (SSSR count). The second-order valence-electron chi connectivity index (χ2n) is 3.68. The molecule has 5 heteroatoms. The van der Waals surface area contributed by atoms with Crippen molar-refractivity contribution in [3.63, 3.8) is 0 Å². The van der Waals surface area contributed by atoms with E-state index in [1.165, 1.54) is 0 Å². The average Bonchev–Trinajstić information content (AvgIpc) is 2.35. The van der Waals surface area contributed by atoms with E-state index in [4.69, 9.17) is 10.5 Å². The Hall–Kier alpha value is -2.30. The number of benzene rings is 1. The smallest absolute Gasteiger partial charge is 0.411 e. The fourth-order valence-electron chi connectivity index (χ4n) is 1.28. The predicted octanol–water partition coefficient (Wildman–Crippen LogP) is 2.14. The third-order valence-corrected chi connectivity index (χ3v) is 2.19. The van der Waals surface area contributed by atoms with Gasteiger partial charge in [-0.25, -0.2) is 4.79 Å². The van der Waals surface area contributed by atoms with Crippen molar-refractivity contribution in [2.75, 3.05) is 11.9 Å². The molecular weight excluding hydrogens is 232 g/mol. The van der Waals surface area contributed by atoms with Crippen molar-refractivity contribution in [3.05, 3.63) is 36.4 Å². The summed E-state index contributed by atoms with van der Waals surface area (Å²) < 4.78 is 4.88. The van der Waals surface area contributed by atoms with Crippen LogP contribution in [-0.4, -0.2) is 18.6 Å². The molecule has 0 radical (unpaired) electrons. The van der Waals surface area contributed by atoms with Gasteiger partial charge in [-0.05, 0) is 24.1 Å². The third kappa shape index (κ3) is 3.93. The minimum Gasteiger partial charge on any atom is -0.449 e. The highest BCUT2D eigenvalue weighted by Crippen LogP contribution is 2.17. The lowest BCUT2D eigenvalue weighted by Crippen LogP contribution is -2.15. The number of carbonyl (C=O) groups excluding carboxylic acids is 2. The van der Waals surface area contributed by atoms with Crippen LogP contribution in [0.2, 0.25) is 0 Å². The molecule has 5 nitrogen and oxygen atoms in total. The van der Waals surface area contributed by atoms with Crippen molar-refractivity contribution in [2.45, 2.75) is 13.3 Å². The number of carbonyl (C=O) groups is 2. The average molecular weight is 248 g/mol. The summed E-state index contributed by atoms with van der Waals surface area (Å²) in [4.78, 5) is 22.3. The van der Waals surface area contributed by atoms with Gasteiger partial charge in [-0.1, -0.05) is 25.6 Å². The van der Waals surface area contributed by atoms with Crippen molar-refractivity contribution < 1.29 is 14.3 Å². The highest BCUT2D eigenvalue weighted by Gasteiger charge is 2.07. The third-order valence-electron chi connectivity index (χ3n) is 2.19. The number of primary amides is 1. The Bertz CT molecular complexity index is 469. The zero-order valence-corrected chi connectivity index (χ0v) is 10.2. The van der Waals surface area contributed by atoms with Gasteiger partial charge < -0.3 is 10.5 Å². The van der Waals surface area contributed by atoms with Crippen LogP contribution in [0.1, 0.15) is 18.9 Å². The number of hydrogen-bond donors (Lipinski definition) is 2. The van der Waals surface area contributed by atoms with E-state index in [0.717, 1.165) is 6.42 Å². The maximum absolute atomic E-state index is 11.3. The number of rotatable bonds is 5. The number of nitrogens with two attached hydrogens (primary N) is 1. The first kappa shape index (κ1) is 13.8. The number of ether oxygens (including phenoxy) is 1. The van der Waals surface area contributed by atoms with Crippen LogP contribution in [0, 0.1) is 0 Å². The summed E-state index contributed by atoms with van der Waals surface area (Å²) in [6, 6.07) is 6.68. The van der Waals surface area contributed by atoms with Crippen molar-refractivity contribution in [2.24, 2.45) is 5.73 Å². The van der Waals surface area contributed by atoms with Gasteiger partial charge in [0, 0.05) is 11.3 Å². The molecule has 0 spiro atoms. The molecular formula is C13H16N2O3. The molecule has 0 aliphatic carbocycles. The lowest BCUT2D eigenvalue weighted by molar-refractivity contribution is -0.112. The topological polar surface area (TPSA) is 81.4 Å². The Labute approximate surface area is 106 Å². The molecule has 1 aromatic carbocycles. The van der Waals surface area contributed by atoms with E-state index in [1.807, 2.05) is 6.92 Å². The van der Waals surface area contributed by atoms with Crippen LogP contribution in [0.4, 0.5) is 10.5 Å². The number of hydrogen-bond acceptors (Lipinski definition) is 3. The van der Waals surface area contributed by atoms with Gasteiger partial charge in [-0.15, -0.1) is 0 Å². The van der Waals surface area contributed by atoms with E-state index in [9.17, 15) is 9.59 Å². The maximum Gasteiger partial charge on any atom is 0.411 e. The quantitative estimate of drug-likeness (QED) is 0.783. The lowest BCUT2D eigenvalue weighted by Gasteiger charge is -2.08. The van der Waals surface area contributed by atoms with Gasteiger partial charge in [0.1, 0.15) is 0 Å². The Kier molecular flexibility index (Phi) is 4.92. The molecule has 0 saturated heterocycles. The molecule has 3 N–H and O–H groups in total. The van der Waals surface area contributed by atoms with Crippen LogP contribution in [-0.2, 0) is 9.53 Å². The SMILES string of the molecule is C=C(C(N)=O)c1cccc(NC(=O)OCCC)c1. The van der Waals surface area contributed by atoms with Gasteiger partial charge in [0.15, 0.2) is 0 Å². The molecule has 0 unspecified atom stereocenters. The minimum absolute atomic E-state index is 0.195. The summed E-state index contributed by atoms with van der Waals surface area (Å²) in [6.07, 6.45) is 0.227. The molecule has 2 amide bonds. The Morgan fingerprint density at radius 1 is 1.44 bits per heavy atom. The highest BCUT2D eigenvalue weighted by molar-refractivity contribution is 6.18. The molecule has 0 aromatic heterocycles. The van der Waals surface area contributed by atoms with Gasteiger partial charge >= 0.3 is 6.09 Å². The molecule has 18 heavy (non-hydrogen) atoms. The van der Waals surface area contributed by atoms with E-state index in [0.29, 0.717) is 17.9 Å². The molecule has 0 aliphatic heterocycles. The van der Waals surface area contributed by atoms with Gasteiger partial charge in [-0.3, -0.25) is 10.1 Å². The number of nitrogens with one attached hydrogen (secondary N) is 1. The van der Waals surface area contributed by atoms with Gasteiger partial charge in [0.25, 0.3) is 0 Å². The molecule has 0 bridgehead atoms. The molecule has 0 heterocycles. The van der Waals surface area contributed by atoms with E-state index in [1.54, 1.807) is 24.3 Å². The van der Waals surface area contributed by atoms with Crippen LogP contribution >= 0.6 is 0 Å². The van der Waals surface area contributed by atoms with Gasteiger partial charge in [0.2, 0.25) is 5.91 Å². The normalized spacial score (nSPS) is 9.61. The Morgan fingerprint density at radius 3 is 2.78 bits per heavy atom. The Morgan fingerprint density at radius 2 is 2.17 bits per heavy atom. The molecule has 0 fully saturated rings. The van der Waals surface area contributed by atoms with Crippen LogP contribution in [0.5, 0.6) is 0 Å². The highest BCUT2D eigenvalue weighted by atomic mass is 16.5. The molecule has 0 atom stereocenters. The second kappa shape index (κ2) is 6.44. The monoisotopic (exact) mass is 248 g/mol. The molecule has 0 aliphatic rings. The lowest BCUT2D eigenvalue weighted by atomic mass is 10.1. The summed E-state index contributed by atoms with van der Waals surface area (Å²) in [5.41, 5.74) is 6.42. The van der Waals surface area contributed by atoms with E-state index >= 15 is 0 Å². The van der Waals surface area contributed by atoms with E-state index < -0.39 is 12.0 Å². The summed E-state index contributed by atoms with van der Waals surface area (Å²) in [5, 5.41) is 2.56. The van der Waals surface area contributed by atoms with Crippen LogP contribution in [0.15, 0.2) is 30.8 Å². The largest absolute Gasteiger partial charge is 0.449 e. The number of amides is 2. The van der Waals surface area contributed by atoms with Crippen molar-refractivity contribution in [1.29, 1.82) is 0 Å². The molecule has 0 saturated carbocycles. The zero-order chi connectivity index (χ0) is 13.5. The molecule has 96 valence electrons. The first-order valence-electron chi connectivity index (χ1n) is 5.57. The van der Waals surface area contributed by atoms with Crippen molar-refractivity contribution in [3.8, 4) is 0 Å². The fraction of sp³-hybridized carbons (Fsp3) is 0.231. The van der Waals surface area contributed by atoms with E-state index in [2.05, 4.69) is 11.9 Å². The summed E-state index contributed by atoms with van der Waals surface area (Å²) in [7, 11) is 0. The van der Waals surface area contributed by atoms with Crippen LogP contribution < -0.4 is 11.1 Å². The fourth-order valence-corrected chi connectivity index (χ4v) is 1.28. The first-order chi connectivity index (χ1) is 8.54. The predicted molar refractivity (Wildman–Crippen MR) is 69.9 cm³/mol. The maximum atomic E-state index is 11.3. The zero-order valence-electron chi connectivity index (χ0n) is 10.2. The first-order valence-corrected chi connectivity index (χ1v) is 5.57. The summed E-state index contributed by atoms with van der Waals surface area (Å²) in [6.45, 7) is 5.84. The summed E-state index contributed by atoms with van der Waals surface area (Å²) >= 11 is 0. The number of anilines is 1. The van der Waals surface area contributed by atoms with Gasteiger partial charge in [-0.2, -0.15) is 0 Å². The molecule has 1 aromatic rings. The standard InChI is InChI=1S/C13H16N2O3/c1-3-7-18-13(17)15-11-6-4-5-10(8-11)9(2)12(14)16/h4-6,8H,2-3,7H2,1H3,(H2,14,16)(H,15,17). The van der Waals surface area contributed by atoms with Crippen molar-refractivity contribution >= 4 is 23.3 Å². The van der Waals surface area contributed by atoms with Crippen LogP contribution in [0.3, 0.4) is 0 Å². The Balaban J connectivity index is 2.73. The summed E-state index contributed by atoms with van der Waals surface area (Å²) in [5.74, 6) is -0.597. The van der Waals surface area contributed by atoms with Crippen molar-refractivity contribution in [1.82, 2.24) is 0 Å². The van der Waals surface area contributed by atoms with Gasteiger partial charge in [0.05, 0.1) is 6.61 Å². The minimum atomic E-state index is -0.597. The van der Waals surface area contributed by atoms with E-state index in [-0.39, 0.29) is 5.57 Å². The van der Waals surface area contributed by atoms with Crippen LogP contribution in [0.25, 0.3) is 5.57 Å². The second-order valence-corrected chi connectivity index (χ2v) is 3.68.